The van der Waals surface area contributed by atoms with E-state index >= 15 is 0 Å². The second-order valence-electron chi connectivity index (χ2n) is 4.42. The molecule has 1 N–H and O–H groups in total. The van der Waals surface area contributed by atoms with Crippen molar-refractivity contribution in [1.82, 2.24) is 24.9 Å². The van der Waals surface area contributed by atoms with Gasteiger partial charge in [0.25, 0.3) is 0 Å². The molecule has 2 unspecified atom stereocenters. The van der Waals surface area contributed by atoms with Gasteiger partial charge in [0, 0.05) is 43.8 Å². The fourth-order valence-electron chi connectivity index (χ4n) is 1.76. The highest BCUT2D eigenvalue weighted by Crippen LogP contribution is 2.09. The van der Waals surface area contributed by atoms with Crippen LogP contribution in [0.15, 0.2) is 30.9 Å². The summed E-state index contributed by atoms with van der Waals surface area (Å²) >= 11 is 0. The van der Waals surface area contributed by atoms with Crippen LogP contribution in [0.25, 0.3) is 0 Å². The summed E-state index contributed by atoms with van der Waals surface area (Å²) in [5.41, 5.74) is 1.20. The third kappa shape index (κ3) is 2.94. The molecule has 0 amide bonds. The molecule has 0 aliphatic heterocycles. The summed E-state index contributed by atoms with van der Waals surface area (Å²) in [5, 5.41) is 11.9. The third-order valence-electron chi connectivity index (χ3n) is 3.05. The first-order valence-corrected chi connectivity index (χ1v) is 5.87. The van der Waals surface area contributed by atoms with Gasteiger partial charge in [-0.3, -0.25) is 9.36 Å². The van der Waals surface area contributed by atoms with Crippen LogP contribution in [0.2, 0.25) is 0 Å². The van der Waals surface area contributed by atoms with Crippen LogP contribution >= 0.6 is 0 Å². The van der Waals surface area contributed by atoms with E-state index < -0.39 is 0 Å². The van der Waals surface area contributed by atoms with E-state index in [1.807, 2.05) is 47.3 Å². The van der Waals surface area contributed by atoms with Gasteiger partial charge in [-0.1, -0.05) is 0 Å². The minimum Gasteiger partial charge on any atom is -0.308 e. The molecule has 2 aromatic heterocycles. The Balaban J connectivity index is 1.87. The van der Waals surface area contributed by atoms with Crippen LogP contribution in [-0.2, 0) is 13.6 Å². The van der Waals surface area contributed by atoms with Crippen molar-refractivity contribution in [3.05, 3.63) is 36.4 Å². The van der Waals surface area contributed by atoms with Gasteiger partial charge in [-0.05, 0) is 19.9 Å². The molecule has 0 radical (unpaired) electrons. The van der Waals surface area contributed by atoms with Gasteiger partial charge in [-0.25, -0.2) is 0 Å². The summed E-state index contributed by atoms with van der Waals surface area (Å²) in [6, 6.07) is 2.64. The second-order valence-corrected chi connectivity index (χ2v) is 4.42. The molecule has 0 saturated heterocycles. The molecule has 5 nitrogen and oxygen atoms in total. The van der Waals surface area contributed by atoms with Gasteiger partial charge in [-0.15, -0.1) is 0 Å². The Hall–Kier alpha value is -1.62. The van der Waals surface area contributed by atoms with Crippen LogP contribution in [-0.4, -0.2) is 25.6 Å². The normalized spacial score (nSPS) is 14.8. The predicted molar refractivity (Wildman–Crippen MR) is 66.4 cm³/mol. The lowest BCUT2D eigenvalue weighted by atomic mass is 10.1. The van der Waals surface area contributed by atoms with Crippen LogP contribution in [0.5, 0.6) is 0 Å². The number of aromatic nitrogens is 4. The first kappa shape index (κ1) is 11.9. The van der Waals surface area contributed by atoms with Gasteiger partial charge >= 0.3 is 0 Å². The van der Waals surface area contributed by atoms with Crippen molar-refractivity contribution in [1.29, 1.82) is 0 Å². The molecule has 92 valence electrons. The van der Waals surface area contributed by atoms with Crippen molar-refractivity contribution >= 4 is 0 Å². The average molecular weight is 233 g/mol. The monoisotopic (exact) mass is 233 g/mol. The molecular formula is C12H19N5. The molecule has 0 aliphatic carbocycles. The lowest BCUT2D eigenvalue weighted by Gasteiger charge is -2.21. The topological polar surface area (TPSA) is 47.7 Å². The Bertz CT molecular complexity index is 445. The highest BCUT2D eigenvalue weighted by atomic mass is 15.3. The van der Waals surface area contributed by atoms with Crippen molar-refractivity contribution in [3.8, 4) is 0 Å². The van der Waals surface area contributed by atoms with Crippen LogP contribution < -0.4 is 5.32 Å². The standard InChI is InChI=1S/C12H19N5/c1-10(11(2)17-6-4-5-14-17)13-7-12-8-15-16(3)9-12/h4-6,8-11,13H,7H2,1-3H3. The molecule has 0 spiro atoms. The number of nitrogens with one attached hydrogen (secondary N) is 1. The maximum Gasteiger partial charge on any atom is 0.0641 e. The van der Waals surface area contributed by atoms with E-state index in [2.05, 4.69) is 29.4 Å². The SMILES string of the molecule is CC(NCc1cnn(C)c1)C(C)n1cccn1. The van der Waals surface area contributed by atoms with E-state index in [1.165, 1.54) is 5.56 Å². The summed E-state index contributed by atoms with van der Waals surface area (Å²) < 4.78 is 3.79. The van der Waals surface area contributed by atoms with E-state index in [1.54, 1.807) is 0 Å². The minimum atomic E-state index is 0.335. The Morgan fingerprint density at radius 1 is 1.35 bits per heavy atom. The molecule has 2 atom stereocenters. The minimum absolute atomic E-state index is 0.335. The lowest BCUT2D eigenvalue weighted by molar-refractivity contribution is 0.365. The zero-order valence-electron chi connectivity index (χ0n) is 10.5. The number of hydrogen-bond donors (Lipinski definition) is 1. The Morgan fingerprint density at radius 2 is 2.18 bits per heavy atom. The molecule has 2 heterocycles. The summed E-state index contributed by atoms with van der Waals surface area (Å²) in [6.45, 7) is 5.16. The highest BCUT2D eigenvalue weighted by molar-refractivity contribution is 5.03. The molecule has 0 aliphatic rings. The van der Waals surface area contributed by atoms with Crippen molar-refractivity contribution in [3.63, 3.8) is 0 Å². The smallest absolute Gasteiger partial charge is 0.0641 e. The maximum atomic E-state index is 4.26. The van der Waals surface area contributed by atoms with Gasteiger partial charge in [0.1, 0.15) is 0 Å². The van der Waals surface area contributed by atoms with E-state index in [-0.39, 0.29) is 0 Å². The zero-order valence-corrected chi connectivity index (χ0v) is 10.5. The number of nitrogens with zero attached hydrogens (tertiary/aromatic N) is 4. The van der Waals surface area contributed by atoms with Crippen molar-refractivity contribution in [2.75, 3.05) is 0 Å². The molecule has 0 fully saturated rings. The Kier molecular flexibility index (Phi) is 3.58. The number of aryl methyl sites for hydroxylation is 1. The number of hydrogen-bond acceptors (Lipinski definition) is 3. The molecule has 17 heavy (non-hydrogen) atoms. The van der Waals surface area contributed by atoms with Gasteiger partial charge in [0.05, 0.1) is 12.2 Å². The van der Waals surface area contributed by atoms with Gasteiger partial charge in [0.15, 0.2) is 0 Å². The van der Waals surface area contributed by atoms with Crippen molar-refractivity contribution < 1.29 is 0 Å². The van der Waals surface area contributed by atoms with E-state index in [9.17, 15) is 0 Å². The number of rotatable bonds is 5. The fourth-order valence-corrected chi connectivity index (χ4v) is 1.76. The van der Waals surface area contributed by atoms with E-state index in [0.717, 1.165) is 6.54 Å². The summed E-state index contributed by atoms with van der Waals surface area (Å²) in [4.78, 5) is 0. The summed E-state index contributed by atoms with van der Waals surface area (Å²) in [7, 11) is 1.93. The summed E-state index contributed by atoms with van der Waals surface area (Å²) in [6.07, 6.45) is 7.72. The fraction of sp³-hybridized carbons (Fsp3) is 0.500. The van der Waals surface area contributed by atoms with Crippen LogP contribution in [0.4, 0.5) is 0 Å². The lowest BCUT2D eigenvalue weighted by Crippen LogP contribution is -2.33. The molecule has 0 bridgehead atoms. The molecule has 2 aromatic rings. The zero-order chi connectivity index (χ0) is 12.3. The molecule has 5 heteroatoms. The van der Waals surface area contributed by atoms with Crippen LogP contribution in [0, 0.1) is 0 Å². The van der Waals surface area contributed by atoms with Crippen molar-refractivity contribution in [2.24, 2.45) is 7.05 Å². The average Bonchev–Trinajstić information content (AvgIpc) is 2.95. The quantitative estimate of drug-likeness (QED) is 0.848. The molecular weight excluding hydrogens is 214 g/mol. The van der Waals surface area contributed by atoms with Crippen LogP contribution in [0.3, 0.4) is 0 Å². The van der Waals surface area contributed by atoms with E-state index in [0.29, 0.717) is 12.1 Å². The first-order chi connectivity index (χ1) is 8.16. The first-order valence-electron chi connectivity index (χ1n) is 5.87. The van der Waals surface area contributed by atoms with E-state index in [4.69, 9.17) is 0 Å². The Morgan fingerprint density at radius 3 is 2.76 bits per heavy atom. The van der Waals surface area contributed by atoms with Gasteiger partial charge in [-0.2, -0.15) is 10.2 Å². The molecule has 0 saturated carbocycles. The second kappa shape index (κ2) is 5.14. The summed E-state index contributed by atoms with van der Waals surface area (Å²) in [5.74, 6) is 0. The van der Waals surface area contributed by atoms with Crippen LogP contribution in [0.1, 0.15) is 25.5 Å². The predicted octanol–water partition coefficient (Wildman–Crippen LogP) is 1.36. The Labute approximate surface area is 101 Å². The van der Waals surface area contributed by atoms with Gasteiger partial charge in [0.2, 0.25) is 0 Å². The molecule has 2 rings (SSSR count). The molecule has 0 aromatic carbocycles. The van der Waals surface area contributed by atoms with Gasteiger partial charge < -0.3 is 5.32 Å². The largest absolute Gasteiger partial charge is 0.308 e. The van der Waals surface area contributed by atoms with Crippen molar-refractivity contribution in [2.45, 2.75) is 32.5 Å². The highest BCUT2D eigenvalue weighted by Gasteiger charge is 2.13. The third-order valence-corrected chi connectivity index (χ3v) is 3.05. The maximum absolute atomic E-state index is 4.26.